The van der Waals surface area contributed by atoms with Crippen molar-refractivity contribution in [3.8, 4) is 16.9 Å². The van der Waals surface area contributed by atoms with E-state index in [1.807, 2.05) is 18.2 Å². The van der Waals surface area contributed by atoms with Crippen molar-refractivity contribution in [2.75, 3.05) is 7.11 Å². The Labute approximate surface area is 114 Å². The molecule has 1 heterocycles. The summed E-state index contributed by atoms with van der Waals surface area (Å²) in [7, 11) is 1.68. The second-order valence-electron chi connectivity index (χ2n) is 4.09. The average molecular weight is 302 g/mol. The van der Waals surface area contributed by atoms with Crippen LogP contribution in [-0.4, -0.2) is 12.1 Å². The number of halogens is 1. The third kappa shape index (κ3) is 1.81. The van der Waals surface area contributed by atoms with Crippen LogP contribution in [0.1, 0.15) is 0 Å². The van der Waals surface area contributed by atoms with Gasteiger partial charge in [0.05, 0.1) is 11.7 Å². The number of rotatable bonds is 2. The third-order valence-corrected chi connectivity index (χ3v) is 3.63. The van der Waals surface area contributed by atoms with Crippen LogP contribution < -0.4 is 4.74 Å². The van der Waals surface area contributed by atoms with Crippen LogP contribution in [0.2, 0.25) is 0 Å². The van der Waals surface area contributed by atoms with Crippen LogP contribution >= 0.6 is 15.9 Å². The highest BCUT2D eigenvalue weighted by molar-refractivity contribution is 9.10. The minimum atomic E-state index is 0.870. The molecular formula is C15H12BrNO. The third-order valence-electron chi connectivity index (χ3n) is 3.04. The van der Waals surface area contributed by atoms with Gasteiger partial charge in [0.25, 0.3) is 0 Å². The number of aromatic nitrogens is 1. The highest BCUT2D eigenvalue weighted by Gasteiger charge is 2.10. The molecule has 3 rings (SSSR count). The molecule has 0 spiro atoms. The first-order chi connectivity index (χ1) is 8.79. The van der Waals surface area contributed by atoms with E-state index in [0.29, 0.717) is 0 Å². The minimum Gasteiger partial charge on any atom is -0.497 e. The molecule has 0 unspecified atom stereocenters. The summed E-state index contributed by atoms with van der Waals surface area (Å²) < 4.78 is 6.19. The zero-order chi connectivity index (χ0) is 12.5. The van der Waals surface area contributed by atoms with Crippen LogP contribution in [0.25, 0.3) is 22.0 Å². The lowest BCUT2D eigenvalue weighted by Gasteiger charge is -2.03. The lowest BCUT2D eigenvalue weighted by atomic mass is 10.0. The van der Waals surface area contributed by atoms with Gasteiger partial charge in [-0.15, -0.1) is 0 Å². The van der Waals surface area contributed by atoms with Crippen LogP contribution in [0.3, 0.4) is 0 Å². The predicted octanol–water partition coefficient (Wildman–Crippen LogP) is 4.61. The molecule has 0 saturated heterocycles. The maximum atomic E-state index is 5.18. The van der Waals surface area contributed by atoms with E-state index in [-0.39, 0.29) is 0 Å². The fourth-order valence-corrected chi connectivity index (χ4v) is 2.81. The highest BCUT2D eigenvalue weighted by Crippen LogP contribution is 2.36. The Morgan fingerprint density at radius 1 is 1.00 bits per heavy atom. The number of hydrogen-bond acceptors (Lipinski definition) is 1. The number of hydrogen-bond donors (Lipinski definition) is 1. The minimum absolute atomic E-state index is 0.870. The van der Waals surface area contributed by atoms with Crippen molar-refractivity contribution >= 4 is 26.8 Å². The van der Waals surface area contributed by atoms with Crippen molar-refractivity contribution in [1.29, 1.82) is 0 Å². The number of H-pyrrole nitrogens is 1. The summed E-state index contributed by atoms with van der Waals surface area (Å²) in [6.45, 7) is 0. The van der Waals surface area contributed by atoms with Crippen molar-refractivity contribution in [1.82, 2.24) is 4.98 Å². The zero-order valence-corrected chi connectivity index (χ0v) is 11.5. The van der Waals surface area contributed by atoms with Gasteiger partial charge in [-0.05, 0) is 39.7 Å². The molecule has 0 aliphatic heterocycles. The van der Waals surface area contributed by atoms with Crippen molar-refractivity contribution in [3.63, 3.8) is 0 Å². The molecule has 3 aromatic rings. The summed E-state index contributed by atoms with van der Waals surface area (Å²) in [4.78, 5) is 3.34. The Balaban J connectivity index is 2.20. The van der Waals surface area contributed by atoms with Gasteiger partial charge in [-0.2, -0.15) is 0 Å². The smallest absolute Gasteiger partial charge is 0.118 e. The van der Waals surface area contributed by atoms with E-state index < -0.39 is 0 Å². The molecule has 0 amide bonds. The number of methoxy groups -OCH3 is 1. The number of ether oxygens (including phenoxy) is 1. The number of fused-ring (bicyclic) bond motifs is 1. The SMILES string of the molecule is COc1ccc(-c2c(Br)[nH]c3ccccc23)cc1. The fraction of sp³-hybridized carbons (Fsp3) is 0.0667. The van der Waals surface area contributed by atoms with Gasteiger partial charge in [0.2, 0.25) is 0 Å². The topological polar surface area (TPSA) is 25.0 Å². The molecule has 2 aromatic carbocycles. The quantitative estimate of drug-likeness (QED) is 0.735. The van der Waals surface area contributed by atoms with E-state index in [9.17, 15) is 0 Å². The number of benzene rings is 2. The Morgan fingerprint density at radius 2 is 1.72 bits per heavy atom. The molecule has 18 heavy (non-hydrogen) atoms. The van der Waals surface area contributed by atoms with Crippen LogP contribution in [0, 0.1) is 0 Å². The van der Waals surface area contributed by atoms with Crippen molar-refractivity contribution in [2.45, 2.75) is 0 Å². The van der Waals surface area contributed by atoms with E-state index in [2.05, 4.69) is 51.2 Å². The molecular weight excluding hydrogens is 290 g/mol. The van der Waals surface area contributed by atoms with Gasteiger partial charge >= 0.3 is 0 Å². The summed E-state index contributed by atoms with van der Waals surface area (Å²) in [5.74, 6) is 0.870. The van der Waals surface area contributed by atoms with Gasteiger partial charge in [0.1, 0.15) is 5.75 Å². The molecule has 0 bridgehead atoms. The Hall–Kier alpha value is -1.74. The molecule has 3 heteroatoms. The molecule has 0 aliphatic carbocycles. The lowest BCUT2D eigenvalue weighted by Crippen LogP contribution is -1.82. The van der Waals surface area contributed by atoms with Crippen LogP contribution in [0.15, 0.2) is 53.1 Å². The van der Waals surface area contributed by atoms with Crippen LogP contribution in [0.5, 0.6) is 5.75 Å². The van der Waals surface area contributed by atoms with Crippen LogP contribution in [0.4, 0.5) is 0 Å². The van der Waals surface area contributed by atoms with Gasteiger partial charge in [-0.3, -0.25) is 0 Å². The molecule has 0 atom stereocenters. The van der Waals surface area contributed by atoms with Gasteiger partial charge in [0.15, 0.2) is 0 Å². The average Bonchev–Trinajstić information content (AvgIpc) is 2.75. The number of para-hydroxylation sites is 1. The normalized spacial score (nSPS) is 10.8. The first-order valence-electron chi connectivity index (χ1n) is 5.70. The van der Waals surface area contributed by atoms with E-state index >= 15 is 0 Å². The van der Waals surface area contributed by atoms with Crippen molar-refractivity contribution in [2.24, 2.45) is 0 Å². The first-order valence-corrected chi connectivity index (χ1v) is 6.49. The molecule has 0 aliphatic rings. The van der Waals surface area contributed by atoms with Crippen LogP contribution in [-0.2, 0) is 0 Å². The van der Waals surface area contributed by atoms with Crippen molar-refractivity contribution < 1.29 is 4.74 Å². The summed E-state index contributed by atoms with van der Waals surface area (Å²) in [5.41, 5.74) is 3.49. The van der Waals surface area contributed by atoms with Gasteiger partial charge in [-0.1, -0.05) is 30.3 Å². The second-order valence-corrected chi connectivity index (χ2v) is 4.88. The fourth-order valence-electron chi connectivity index (χ4n) is 2.15. The van der Waals surface area contributed by atoms with Gasteiger partial charge in [0, 0.05) is 16.5 Å². The second kappa shape index (κ2) is 4.50. The van der Waals surface area contributed by atoms with E-state index in [4.69, 9.17) is 4.74 Å². The molecule has 1 aromatic heterocycles. The standard InChI is InChI=1S/C15H12BrNO/c1-18-11-8-6-10(7-9-11)14-12-4-2-3-5-13(12)17-15(14)16/h2-9,17H,1H3. The summed E-state index contributed by atoms with van der Waals surface area (Å²) >= 11 is 3.60. The Morgan fingerprint density at radius 3 is 2.44 bits per heavy atom. The first kappa shape index (κ1) is 11.4. The molecule has 1 N–H and O–H groups in total. The number of nitrogens with one attached hydrogen (secondary N) is 1. The van der Waals surface area contributed by atoms with Gasteiger partial charge in [-0.25, -0.2) is 0 Å². The summed E-state index contributed by atoms with van der Waals surface area (Å²) in [6, 6.07) is 16.4. The molecule has 0 saturated carbocycles. The molecule has 0 radical (unpaired) electrons. The predicted molar refractivity (Wildman–Crippen MR) is 78.0 cm³/mol. The maximum absolute atomic E-state index is 5.18. The zero-order valence-electron chi connectivity index (χ0n) is 9.91. The number of aromatic amines is 1. The molecule has 2 nitrogen and oxygen atoms in total. The molecule has 0 fully saturated rings. The van der Waals surface area contributed by atoms with E-state index in [1.54, 1.807) is 7.11 Å². The lowest BCUT2D eigenvalue weighted by molar-refractivity contribution is 0.415. The molecule has 90 valence electrons. The largest absolute Gasteiger partial charge is 0.497 e. The Bertz CT molecular complexity index is 685. The summed E-state index contributed by atoms with van der Waals surface area (Å²) in [6.07, 6.45) is 0. The highest BCUT2D eigenvalue weighted by atomic mass is 79.9. The van der Waals surface area contributed by atoms with Gasteiger partial charge < -0.3 is 9.72 Å². The maximum Gasteiger partial charge on any atom is 0.118 e. The van der Waals surface area contributed by atoms with E-state index in [0.717, 1.165) is 15.9 Å². The summed E-state index contributed by atoms with van der Waals surface area (Å²) in [5, 5.41) is 1.22. The van der Waals surface area contributed by atoms with Crippen molar-refractivity contribution in [3.05, 3.63) is 53.1 Å². The Kier molecular flexibility index (Phi) is 2.84. The van der Waals surface area contributed by atoms with E-state index in [1.165, 1.54) is 16.5 Å². The monoisotopic (exact) mass is 301 g/mol.